The molecule has 1 unspecified atom stereocenters. The van der Waals surface area contributed by atoms with Crippen LogP contribution in [0.25, 0.3) is 0 Å². The number of hydrogen-bond acceptors (Lipinski definition) is 2. The van der Waals surface area contributed by atoms with Gasteiger partial charge in [-0.2, -0.15) is 0 Å². The van der Waals surface area contributed by atoms with E-state index in [1.807, 2.05) is 0 Å². The minimum atomic E-state index is 0.432. The first-order valence-electron chi connectivity index (χ1n) is 9.13. The van der Waals surface area contributed by atoms with Crippen LogP contribution in [-0.4, -0.2) is 19.3 Å². The average Bonchev–Trinajstić information content (AvgIpc) is 2.45. The second-order valence-corrected chi connectivity index (χ2v) is 6.15. The van der Waals surface area contributed by atoms with E-state index in [9.17, 15) is 0 Å². The van der Waals surface area contributed by atoms with Crippen molar-refractivity contribution in [3.05, 3.63) is 0 Å². The molecular formula is C18H39NO. The number of hydrogen-bond donors (Lipinski definition) is 1. The van der Waals surface area contributed by atoms with E-state index in [1.54, 1.807) is 0 Å². The molecule has 0 aromatic heterocycles. The number of rotatable bonds is 16. The second-order valence-electron chi connectivity index (χ2n) is 6.15. The van der Waals surface area contributed by atoms with Crippen molar-refractivity contribution < 1.29 is 4.74 Å². The lowest BCUT2D eigenvalue weighted by molar-refractivity contribution is 0.0557. The highest BCUT2D eigenvalue weighted by atomic mass is 16.5. The zero-order chi connectivity index (χ0) is 14.9. The van der Waals surface area contributed by atoms with Gasteiger partial charge in [-0.05, 0) is 32.7 Å². The van der Waals surface area contributed by atoms with Crippen molar-refractivity contribution in [2.45, 2.75) is 103 Å². The maximum atomic E-state index is 5.85. The third kappa shape index (κ3) is 16.0. The van der Waals surface area contributed by atoms with Crippen LogP contribution >= 0.6 is 0 Å². The zero-order valence-electron chi connectivity index (χ0n) is 14.2. The van der Waals surface area contributed by atoms with Crippen LogP contribution < -0.4 is 5.73 Å². The normalized spacial score (nSPS) is 12.8. The first kappa shape index (κ1) is 19.9. The molecule has 0 spiro atoms. The molecular weight excluding hydrogens is 246 g/mol. The van der Waals surface area contributed by atoms with Crippen LogP contribution in [0.15, 0.2) is 0 Å². The maximum Gasteiger partial charge on any atom is 0.0547 e. The SMILES string of the molecule is CCCCCCCCCCCOC(C)CCCCCN. The van der Waals surface area contributed by atoms with Crippen LogP contribution in [0.2, 0.25) is 0 Å². The molecule has 0 radical (unpaired) electrons. The minimum absolute atomic E-state index is 0.432. The molecule has 0 aliphatic carbocycles. The summed E-state index contributed by atoms with van der Waals surface area (Å²) in [5, 5.41) is 0. The molecule has 0 amide bonds. The molecule has 2 heteroatoms. The molecule has 0 saturated heterocycles. The quantitative estimate of drug-likeness (QED) is 0.383. The van der Waals surface area contributed by atoms with E-state index in [1.165, 1.54) is 77.0 Å². The molecule has 122 valence electrons. The summed E-state index contributed by atoms with van der Waals surface area (Å²) in [6.07, 6.45) is 17.7. The average molecular weight is 286 g/mol. The van der Waals surface area contributed by atoms with Gasteiger partial charge in [-0.25, -0.2) is 0 Å². The summed E-state index contributed by atoms with van der Waals surface area (Å²) in [6, 6.07) is 0. The van der Waals surface area contributed by atoms with Crippen LogP contribution in [-0.2, 0) is 4.74 Å². The van der Waals surface area contributed by atoms with Crippen LogP contribution in [0.5, 0.6) is 0 Å². The van der Waals surface area contributed by atoms with Crippen LogP contribution in [0.4, 0.5) is 0 Å². The summed E-state index contributed by atoms with van der Waals surface area (Å²) in [7, 11) is 0. The van der Waals surface area contributed by atoms with Gasteiger partial charge in [0.15, 0.2) is 0 Å². The Bertz CT molecular complexity index is 173. The van der Waals surface area contributed by atoms with Gasteiger partial charge in [0, 0.05) is 6.61 Å². The molecule has 0 fully saturated rings. The lowest BCUT2D eigenvalue weighted by Crippen LogP contribution is -2.09. The number of unbranched alkanes of at least 4 members (excludes halogenated alkanes) is 10. The van der Waals surface area contributed by atoms with Gasteiger partial charge in [0.2, 0.25) is 0 Å². The molecule has 20 heavy (non-hydrogen) atoms. The Labute approximate surface area is 127 Å². The fourth-order valence-electron chi connectivity index (χ4n) is 2.53. The van der Waals surface area contributed by atoms with Gasteiger partial charge >= 0.3 is 0 Å². The predicted octanol–water partition coefficient (Wildman–Crippen LogP) is 5.44. The first-order valence-corrected chi connectivity index (χ1v) is 9.13. The Morgan fingerprint density at radius 3 is 1.90 bits per heavy atom. The molecule has 0 bridgehead atoms. The molecule has 0 heterocycles. The number of nitrogens with two attached hydrogens (primary N) is 1. The maximum absolute atomic E-state index is 5.85. The summed E-state index contributed by atoms with van der Waals surface area (Å²) in [5.41, 5.74) is 5.49. The Balaban J connectivity index is 3.07. The molecule has 1 atom stereocenters. The van der Waals surface area contributed by atoms with E-state index < -0.39 is 0 Å². The second kappa shape index (κ2) is 17.0. The highest BCUT2D eigenvalue weighted by molar-refractivity contribution is 4.53. The van der Waals surface area contributed by atoms with E-state index in [-0.39, 0.29) is 0 Å². The van der Waals surface area contributed by atoms with Gasteiger partial charge in [-0.1, -0.05) is 71.1 Å². The van der Waals surface area contributed by atoms with Crippen molar-refractivity contribution in [3.63, 3.8) is 0 Å². The molecule has 0 aromatic carbocycles. The Morgan fingerprint density at radius 2 is 1.30 bits per heavy atom. The highest BCUT2D eigenvalue weighted by Crippen LogP contribution is 2.11. The minimum Gasteiger partial charge on any atom is -0.379 e. The van der Waals surface area contributed by atoms with Gasteiger partial charge in [-0.3, -0.25) is 0 Å². The largest absolute Gasteiger partial charge is 0.379 e. The third-order valence-corrected chi connectivity index (χ3v) is 3.97. The van der Waals surface area contributed by atoms with Crippen LogP contribution in [0.3, 0.4) is 0 Å². The van der Waals surface area contributed by atoms with Crippen molar-refractivity contribution in [1.29, 1.82) is 0 Å². The monoisotopic (exact) mass is 285 g/mol. The van der Waals surface area contributed by atoms with E-state index in [0.29, 0.717) is 6.10 Å². The fraction of sp³-hybridized carbons (Fsp3) is 1.00. The van der Waals surface area contributed by atoms with E-state index >= 15 is 0 Å². The van der Waals surface area contributed by atoms with Gasteiger partial charge < -0.3 is 10.5 Å². The van der Waals surface area contributed by atoms with Crippen molar-refractivity contribution in [1.82, 2.24) is 0 Å². The topological polar surface area (TPSA) is 35.2 Å². The molecule has 2 nitrogen and oxygen atoms in total. The fourth-order valence-corrected chi connectivity index (χ4v) is 2.53. The van der Waals surface area contributed by atoms with E-state index in [4.69, 9.17) is 10.5 Å². The number of ether oxygens (including phenoxy) is 1. The molecule has 0 aliphatic heterocycles. The summed E-state index contributed by atoms with van der Waals surface area (Å²) in [6.45, 7) is 6.26. The molecule has 0 rings (SSSR count). The van der Waals surface area contributed by atoms with Crippen LogP contribution in [0.1, 0.15) is 97.3 Å². The van der Waals surface area contributed by atoms with E-state index in [0.717, 1.165) is 19.6 Å². The first-order chi connectivity index (χ1) is 9.81. The summed E-state index contributed by atoms with van der Waals surface area (Å²) in [4.78, 5) is 0. The summed E-state index contributed by atoms with van der Waals surface area (Å²) < 4.78 is 5.85. The molecule has 0 saturated carbocycles. The third-order valence-electron chi connectivity index (χ3n) is 3.97. The summed E-state index contributed by atoms with van der Waals surface area (Å²) in [5.74, 6) is 0. The summed E-state index contributed by atoms with van der Waals surface area (Å²) >= 11 is 0. The molecule has 0 aromatic rings. The Hall–Kier alpha value is -0.0800. The van der Waals surface area contributed by atoms with Gasteiger partial charge in [0.25, 0.3) is 0 Å². The van der Waals surface area contributed by atoms with Crippen LogP contribution in [0, 0.1) is 0 Å². The van der Waals surface area contributed by atoms with Crippen molar-refractivity contribution in [3.8, 4) is 0 Å². The smallest absolute Gasteiger partial charge is 0.0547 e. The van der Waals surface area contributed by atoms with Gasteiger partial charge in [0.1, 0.15) is 0 Å². The van der Waals surface area contributed by atoms with Crippen molar-refractivity contribution in [2.24, 2.45) is 5.73 Å². The molecule has 2 N–H and O–H groups in total. The Morgan fingerprint density at radius 1 is 0.750 bits per heavy atom. The zero-order valence-corrected chi connectivity index (χ0v) is 14.2. The standard InChI is InChI=1S/C18H39NO/c1-3-4-5-6-7-8-9-10-14-17-20-18(2)15-12-11-13-16-19/h18H,3-17,19H2,1-2H3. The molecule has 0 aliphatic rings. The van der Waals surface area contributed by atoms with Gasteiger partial charge in [-0.15, -0.1) is 0 Å². The lowest BCUT2D eigenvalue weighted by Gasteiger charge is -2.12. The van der Waals surface area contributed by atoms with Crippen molar-refractivity contribution >= 4 is 0 Å². The Kier molecular flexibility index (Phi) is 16.9. The van der Waals surface area contributed by atoms with E-state index in [2.05, 4.69) is 13.8 Å². The predicted molar refractivity (Wildman–Crippen MR) is 90.2 cm³/mol. The van der Waals surface area contributed by atoms with Crippen molar-refractivity contribution in [2.75, 3.05) is 13.2 Å². The lowest BCUT2D eigenvalue weighted by atomic mass is 10.1. The van der Waals surface area contributed by atoms with Gasteiger partial charge in [0.05, 0.1) is 6.10 Å². The highest BCUT2D eigenvalue weighted by Gasteiger charge is 2.01.